The fourth-order valence-electron chi connectivity index (χ4n) is 1.66. The Hall–Kier alpha value is -0.810. The van der Waals surface area contributed by atoms with Gasteiger partial charge in [0.15, 0.2) is 5.96 Å². The second kappa shape index (κ2) is 12.6. The first-order valence-corrected chi connectivity index (χ1v) is 7.03. The van der Waals surface area contributed by atoms with Crippen molar-refractivity contribution in [2.45, 2.75) is 27.2 Å². The van der Waals surface area contributed by atoms with Crippen LogP contribution in [0.3, 0.4) is 0 Å². The molecule has 0 aromatic heterocycles. The predicted molar refractivity (Wildman–Crippen MR) is 78.3 cm³/mol. The van der Waals surface area contributed by atoms with Crippen LogP contribution in [0.4, 0.5) is 0 Å². The van der Waals surface area contributed by atoms with Gasteiger partial charge in [-0.25, -0.2) is 0 Å². The third-order valence-corrected chi connectivity index (χ3v) is 2.80. The van der Waals surface area contributed by atoms with E-state index in [0.717, 1.165) is 58.3 Å². The lowest BCUT2D eigenvalue weighted by atomic mass is 10.3. The van der Waals surface area contributed by atoms with Crippen LogP contribution in [-0.2, 0) is 4.74 Å². The summed E-state index contributed by atoms with van der Waals surface area (Å²) in [6.45, 7) is 13.0. The Kier molecular flexibility index (Phi) is 12.1. The molecule has 108 valence electrons. The average molecular weight is 258 g/mol. The van der Waals surface area contributed by atoms with E-state index in [1.807, 2.05) is 6.92 Å². The summed E-state index contributed by atoms with van der Waals surface area (Å²) in [6.07, 6.45) is 1.13. The highest BCUT2D eigenvalue weighted by Crippen LogP contribution is 1.89. The topological polar surface area (TPSA) is 48.9 Å². The first-order valence-electron chi connectivity index (χ1n) is 7.03. The first-order chi connectivity index (χ1) is 8.78. The summed E-state index contributed by atoms with van der Waals surface area (Å²) >= 11 is 0. The Morgan fingerprint density at radius 1 is 1.11 bits per heavy atom. The lowest BCUT2D eigenvalue weighted by molar-refractivity contribution is 0.152. The Balaban J connectivity index is 3.56. The van der Waals surface area contributed by atoms with Gasteiger partial charge in [-0.15, -0.1) is 0 Å². The Bertz CT molecular complexity index is 205. The molecule has 0 unspecified atom stereocenters. The molecule has 0 aromatic rings. The van der Waals surface area contributed by atoms with E-state index in [1.165, 1.54) is 0 Å². The minimum atomic E-state index is 0.719. The maximum Gasteiger partial charge on any atom is 0.191 e. The van der Waals surface area contributed by atoms with Crippen LogP contribution in [0, 0.1) is 0 Å². The van der Waals surface area contributed by atoms with Gasteiger partial charge in [0.1, 0.15) is 0 Å². The van der Waals surface area contributed by atoms with Gasteiger partial charge in [0.05, 0.1) is 6.61 Å². The molecular formula is C13H30N4O. The van der Waals surface area contributed by atoms with E-state index in [0.29, 0.717) is 0 Å². The highest BCUT2D eigenvalue weighted by molar-refractivity contribution is 5.79. The Labute approximate surface area is 112 Å². The largest absolute Gasteiger partial charge is 0.380 e. The van der Waals surface area contributed by atoms with Crippen molar-refractivity contribution in [3.8, 4) is 0 Å². The smallest absolute Gasteiger partial charge is 0.191 e. The molecule has 0 saturated carbocycles. The molecular weight excluding hydrogens is 228 g/mol. The molecule has 0 aliphatic rings. The predicted octanol–water partition coefficient (Wildman–Crippen LogP) is 0.920. The maximum atomic E-state index is 5.26. The quantitative estimate of drug-likeness (QED) is 0.347. The van der Waals surface area contributed by atoms with Crippen molar-refractivity contribution in [1.82, 2.24) is 15.5 Å². The molecule has 0 radical (unpaired) electrons. The van der Waals surface area contributed by atoms with Crippen LogP contribution in [0.15, 0.2) is 4.99 Å². The van der Waals surface area contributed by atoms with Crippen LogP contribution in [0.5, 0.6) is 0 Å². The molecule has 5 heteroatoms. The van der Waals surface area contributed by atoms with E-state index in [-0.39, 0.29) is 0 Å². The second-order valence-electron chi connectivity index (χ2n) is 4.00. The van der Waals surface area contributed by atoms with Crippen molar-refractivity contribution < 1.29 is 4.74 Å². The molecule has 0 spiro atoms. The van der Waals surface area contributed by atoms with Crippen molar-refractivity contribution in [3.05, 3.63) is 0 Å². The summed E-state index contributed by atoms with van der Waals surface area (Å²) in [7, 11) is 1.79. The summed E-state index contributed by atoms with van der Waals surface area (Å²) < 4.78 is 5.26. The van der Waals surface area contributed by atoms with Crippen LogP contribution >= 0.6 is 0 Å². The number of rotatable bonds is 10. The average Bonchev–Trinajstić information content (AvgIpc) is 2.41. The summed E-state index contributed by atoms with van der Waals surface area (Å²) in [4.78, 5) is 6.59. The maximum absolute atomic E-state index is 5.26. The number of nitrogens with one attached hydrogen (secondary N) is 2. The van der Waals surface area contributed by atoms with Gasteiger partial charge in [0, 0.05) is 26.7 Å². The molecule has 0 aromatic carbocycles. The van der Waals surface area contributed by atoms with Crippen molar-refractivity contribution in [1.29, 1.82) is 0 Å². The fourth-order valence-corrected chi connectivity index (χ4v) is 1.66. The molecule has 0 fully saturated rings. The number of hydrogen-bond donors (Lipinski definition) is 2. The lowest BCUT2D eigenvalue weighted by Gasteiger charge is -2.18. The zero-order chi connectivity index (χ0) is 13.6. The van der Waals surface area contributed by atoms with Crippen molar-refractivity contribution >= 4 is 5.96 Å². The number of hydrogen-bond acceptors (Lipinski definition) is 3. The normalized spacial score (nSPS) is 11.9. The van der Waals surface area contributed by atoms with E-state index in [4.69, 9.17) is 4.74 Å². The number of aliphatic imine (C=N–C) groups is 1. The van der Waals surface area contributed by atoms with Crippen LogP contribution in [-0.4, -0.2) is 63.8 Å². The van der Waals surface area contributed by atoms with Gasteiger partial charge in [-0.3, -0.25) is 4.99 Å². The molecule has 0 atom stereocenters. The molecule has 0 rings (SSSR count). The molecule has 0 bridgehead atoms. The van der Waals surface area contributed by atoms with Crippen LogP contribution in [0.2, 0.25) is 0 Å². The molecule has 0 amide bonds. The highest BCUT2D eigenvalue weighted by Gasteiger charge is 1.99. The van der Waals surface area contributed by atoms with Crippen LogP contribution < -0.4 is 10.6 Å². The number of nitrogens with zero attached hydrogens (tertiary/aromatic N) is 2. The monoisotopic (exact) mass is 258 g/mol. The zero-order valence-corrected chi connectivity index (χ0v) is 12.5. The second-order valence-corrected chi connectivity index (χ2v) is 4.00. The Morgan fingerprint density at radius 3 is 2.33 bits per heavy atom. The van der Waals surface area contributed by atoms with Gasteiger partial charge >= 0.3 is 0 Å². The van der Waals surface area contributed by atoms with Gasteiger partial charge in [0.2, 0.25) is 0 Å². The van der Waals surface area contributed by atoms with E-state index in [2.05, 4.69) is 34.4 Å². The third kappa shape index (κ3) is 9.24. The molecule has 0 saturated heterocycles. The van der Waals surface area contributed by atoms with Gasteiger partial charge in [-0.05, 0) is 33.0 Å². The molecule has 2 N–H and O–H groups in total. The van der Waals surface area contributed by atoms with E-state index in [1.54, 1.807) is 7.05 Å². The van der Waals surface area contributed by atoms with E-state index in [9.17, 15) is 0 Å². The van der Waals surface area contributed by atoms with E-state index >= 15 is 0 Å². The molecule has 0 aliphatic heterocycles. The van der Waals surface area contributed by atoms with Gasteiger partial charge in [0.25, 0.3) is 0 Å². The van der Waals surface area contributed by atoms with Gasteiger partial charge in [-0.2, -0.15) is 0 Å². The standard InChI is InChI=1S/C13H30N4O/c1-5-17(6-2)11-8-9-15-13(14-4)16-10-12-18-7-3/h5-12H2,1-4H3,(H2,14,15,16). The van der Waals surface area contributed by atoms with Crippen molar-refractivity contribution in [2.75, 3.05) is 53.0 Å². The first kappa shape index (κ1) is 17.2. The highest BCUT2D eigenvalue weighted by atomic mass is 16.5. The van der Waals surface area contributed by atoms with Gasteiger partial charge < -0.3 is 20.3 Å². The zero-order valence-electron chi connectivity index (χ0n) is 12.5. The lowest BCUT2D eigenvalue weighted by Crippen LogP contribution is -2.40. The molecule has 18 heavy (non-hydrogen) atoms. The minimum absolute atomic E-state index is 0.719. The molecule has 0 aliphatic carbocycles. The van der Waals surface area contributed by atoms with Crippen LogP contribution in [0.25, 0.3) is 0 Å². The SMILES string of the molecule is CCOCCNC(=NC)NCCCN(CC)CC. The summed E-state index contributed by atoms with van der Waals surface area (Å²) in [5.41, 5.74) is 0. The minimum Gasteiger partial charge on any atom is -0.380 e. The molecule has 0 heterocycles. The van der Waals surface area contributed by atoms with E-state index < -0.39 is 0 Å². The number of ether oxygens (including phenoxy) is 1. The summed E-state index contributed by atoms with van der Waals surface area (Å²) in [5, 5.41) is 6.53. The summed E-state index contributed by atoms with van der Waals surface area (Å²) in [6, 6.07) is 0. The molecule has 5 nitrogen and oxygen atoms in total. The third-order valence-electron chi connectivity index (χ3n) is 2.80. The summed E-state index contributed by atoms with van der Waals surface area (Å²) in [5.74, 6) is 0.856. The van der Waals surface area contributed by atoms with Crippen LogP contribution in [0.1, 0.15) is 27.2 Å². The van der Waals surface area contributed by atoms with Crippen molar-refractivity contribution in [3.63, 3.8) is 0 Å². The van der Waals surface area contributed by atoms with Crippen molar-refractivity contribution in [2.24, 2.45) is 4.99 Å². The number of guanidine groups is 1. The Morgan fingerprint density at radius 2 is 1.78 bits per heavy atom. The van der Waals surface area contributed by atoms with Gasteiger partial charge in [-0.1, -0.05) is 13.8 Å². The fraction of sp³-hybridized carbons (Fsp3) is 0.923.